The van der Waals surface area contributed by atoms with Crippen molar-refractivity contribution in [2.75, 3.05) is 7.11 Å². The maximum atomic E-state index is 11.2. The van der Waals surface area contributed by atoms with Gasteiger partial charge in [-0.3, -0.25) is 0 Å². The van der Waals surface area contributed by atoms with Crippen LogP contribution in [0.15, 0.2) is 41.1 Å². The molecule has 0 radical (unpaired) electrons. The van der Waals surface area contributed by atoms with Crippen LogP contribution < -0.4 is 10.8 Å². The molecule has 0 spiro atoms. The molecule has 0 saturated heterocycles. The summed E-state index contributed by atoms with van der Waals surface area (Å²) in [5.74, 6) is -0.648. The Morgan fingerprint density at radius 1 is 1.53 bits per heavy atom. The van der Waals surface area contributed by atoms with Gasteiger partial charge in [-0.1, -0.05) is 12.1 Å². The number of nitrogens with one attached hydrogen (secondary N) is 1. The Morgan fingerprint density at radius 2 is 2.16 bits per heavy atom. The monoisotopic (exact) mass is 257 g/mol. The number of nitriles is 1. The minimum absolute atomic E-state index is 0.0825. The van der Waals surface area contributed by atoms with E-state index < -0.39 is 5.97 Å². The molecule has 6 heteroatoms. The molecule has 0 heterocycles. The molecule has 1 rings (SSSR count). The van der Waals surface area contributed by atoms with Crippen LogP contribution in [0.4, 0.5) is 0 Å². The van der Waals surface area contributed by atoms with Crippen LogP contribution in [0.25, 0.3) is 0 Å². The maximum absolute atomic E-state index is 11.2. The van der Waals surface area contributed by atoms with E-state index in [2.05, 4.69) is 21.7 Å². The fourth-order valence-electron chi connectivity index (χ4n) is 1.30. The van der Waals surface area contributed by atoms with Gasteiger partial charge >= 0.3 is 5.97 Å². The Kier molecular flexibility index (Phi) is 4.99. The minimum Gasteiger partial charge on any atom is -0.464 e. The third kappa shape index (κ3) is 3.78. The quantitative estimate of drug-likeness (QED) is 0.314. The number of methoxy groups -OCH3 is 1. The minimum atomic E-state index is -0.648. The fraction of sp³-hybridized carbons (Fsp3) is 0.0769. The van der Waals surface area contributed by atoms with Crippen LogP contribution in [0, 0.1) is 11.3 Å². The zero-order valence-electron chi connectivity index (χ0n) is 10.4. The maximum Gasteiger partial charge on any atom is 0.353 e. The number of allylic oxidation sites excluding steroid dienone is 1. The summed E-state index contributed by atoms with van der Waals surface area (Å²) < 4.78 is 4.50. The van der Waals surface area contributed by atoms with Crippen molar-refractivity contribution in [1.82, 2.24) is 0 Å². The summed E-state index contributed by atoms with van der Waals surface area (Å²) in [7, 11) is 1.24. The summed E-state index contributed by atoms with van der Waals surface area (Å²) in [6.07, 6.45) is 1.37. The summed E-state index contributed by atoms with van der Waals surface area (Å²) in [5, 5.41) is 15.0. The molecule has 0 atom stereocenters. The van der Waals surface area contributed by atoms with Crippen LogP contribution in [-0.2, 0) is 9.53 Å². The van der Waals surface area contributed by atoms with Gasteiger partial charge in [-0.25, -0.2) is 4.79 Å². The van der Waals surface area contributed by atoms with Crippen molar-refractivity contribution in [3.05, 3.63) is 47.2 Å². The highest BCUT2D eigenvalue weighted by molar-refractivity contribution is 6.11. The summed E-state index contributed by atoms with van der Waals surface area (Å²) in [4.78, 5) is 11.2. The van der Waals surface area contributed by atoms with Crippen LogP contribution in [0.3, 0.4) is 0 Å². The van der Waals surface area contributed by atoms with E-state index in [1.807, 2.05) is 6.07 Å². The van der Waals surface area contributed by atoms with Crippen LogP contribution in [-0.4, -0.2) is 25.5 Å². The molecule has 0 aliphatic heterocycles. The molecule has 1 aromatic rings. The highest BCUT2D eigenvalue weighted by Crippen LogP contribution is 2.06. The lowest BCUT2D eigenvalue weighted by atomic mass is 10.1. The van der Waals surface area contributed by atoms with Crippen LogP contribution in [0.2, 0.25) is 0 Å². The van der Waals surface area contributed by atoms with Gasteiger partial charge in [-0.05, 0) is 17.2 Å². The van der Waals surface area contributed by atoms with E-state index in [1.165, 1.54) is 13.2 Å². The summed E-state index contributed by atoms with van der Waals surface area (Å²) in [6, 6.07) is 8.66. The van der Waals surface area contributed by atoms with Gasteiger partial charge in [0.05, 0.1) is 18.7 Å². The van der Waals surface area contributed by atoms with E-state index in [1.54, 1.807) is 24.3 Å². The number of esters is 1. The Morgan fingerprint density at radius 3 is 2.63 bits per heavy atom. The zero-order valence-corrected chi connectivity index (χ0v) is 10.4. The number of hydrogen-bond donors (Lipinski definition) is 2. The third-order valence-corrected chi connectivity index (χ3v) is 2.22. The molecule has 1 aromatic carbocycles. The predicted octanol–water partition coefficient (Wildman–Crippen LogP) is -0.941. The molecule has 96 valence electrons. The van der Waals surface area contributed by atoms with Crippen molar-refractivity contribution in [2.45, 2.75) is 0 Å². The Labute approximate surface area is 110 Å². The van der Waals surface area contributed by atoms with Gasteiger partial charge in [-0.15, -0.1) is 5.10 Å². The van der Waals surface area contributed by atoms with E-state index >= 15 is 0 Å². The lowest BCUT2D eigenvalue weighted by Crippen LogP contribution is -2.58. The van der Waals surface area contributed by atoms with Crippen molar-refractivity contribution < 1.29 is 14.6 Å². The van der Waals surface area contributed by atoms with Crippen molar-refractivity contribution in [1.29, 1.82) is 5.26 Å². The van der Waals surface area contributed by atoms with E-state index in [0.717, 1.165) is 0 Å². The normalized spacial score (nSPS) is 11.6. The molecule has 0 fully saturated rings. The average Bonchev–Trinajstić information content (AvgIpc) is 2.45. The van der Waals surface area contributed by atoms with Crippen LogP contribution in [0.1, 0.15) is 11.1 Å². The highest BCUT2D eigenvalue weighted by Gasteiger charge is 2.09. The molecule has 0 bridgehead atoms. The number of benzene rings is 1. The number of nitrogens with zero attached hydrogens (tertiary/aromatic N) is 2. The number of carbonyl (C=O) groups excluding carboxylic acids is 1. The lowest BCUT2D eigenvalue weighted by Gasteiger charge is -2.01. The fourth-order valence-corrected chi connectivity index (χ4v) is 1.30. The Balaban J connectivity index is 3.15. The Bertz CT molecular complexity index is 580. The van der Waals surface area contributed by atoms with Gasteiger partial charge in [0.15, 0.2) is 6.72 Å². The predicted molar refractivity (Wildman–Crippen MR) is 70.1 cm³/mol. The summed E-state index contributed by atoms with van der Waals surface area (Å²) in [6.45, 7) is 3.38. The third-order valence-electron chi connectivity index (χ3n) is 2.22. The molecule has 0 saturated carbocycles. The van der Waals surface area contributed by atoms with Gasteiger partial charge in [0.1, 0.15) is 11.4 Å². The van der Waals surface area contributed by atoms with Gasteiger partial charge in [0, 0.05) is 11.6 Å². The first-order valence-electron chi connectivity index (χ1n) is 5.28. The second kappa shape index (κ2) is 6.71. The molecule has 0 aromatic heterocycles. The molecule has 0 unspecified atom stereocenters. The SMILES string of the molecule is C=[NH+]N=C(C=C(N)C(=O)OC)c1ccc(C#N)cc1. The molecule has 0 aliphatic carbocycles. The van der Waals surface area contributed by atoms with Gasteiger partial charge < -0.3 is 10.5 Å². The topological polar surface area (TPSA) is 102 Å². The van der Waals surface area contributed by atoms with Crippen molar-refractivity contribution in [3.8, 4) is 6.07 Å². The molecule has 3 N–H and O–H groups in total. The second-order valence-electron chi connectivity index (χ2n) is 3.44. The molecule has 19 heavy (non-hydrogen) atoms. The molecular formula is C13H13N4O2+. The smallest absolute Gasteiger partial charge is 0.353 e. The second-order valence-corrected chi connectivity index (χ2v) is 3.44. The van der Waals surface area contributed by atoms with Gasteiger partial charge in [0.25, 0.3) is 0 Å². The van der Waals surface area contributed by atoms with E-state index in [9.17, 15) is 4.79 Å². The first-order chi connectivity index (χ1) is 9.12. The molecule has 0 amide bonds. The van der Waals surface area contributed by atoms with E-state index in [4.69, 9.17) is 11.0 Å². The standard InChI is InChI=1S/C13H12N4O2/c1-16-17-12(7-11(15)13(18)19-2)10-5-3-9(8-14)4-6-10/h3-7H,1,15H2,2H3/p+1. The summed E-state index contributed by atoms with van der Waals surface area (Å²) >= 11 is 0. The van der Waals surface area contributed by atoms with E-state index in [0.29, 0.717) is 16.8 Å². The van der Waals surface area contributed by atoms with Gasteiger partial charge in [-0.2, -0.15) is 5.26 Å². The zero-order chi connectivity index (χ0) is 14.3. The van der Waals surface area contributed by atoms with Crippen molar-refractivity contribution in [2.24, 2.45) is 10.8 Å². The van der Waals surface area contributed by atoms with Crippen molar-refractivity contribution in [3.63, 3.8) is 0 Å². The lowest BCUT2D eigenvalue weighted by molar-refractivity contribution is -0.451. The Hall–Kier alpha value is -2.94. The largest absolute Gasteiger partial charge is 0.464 e. The van der Waals surface area contributed by atoms with Crippen LogP contribution >= 0.6 is 0 Å². The highest BCUT2D eigenvalue weighted by atomic mass is 16.5. The number of hydrazone groups is 1. The summed E-state index contributed by atoms with van der Waals surface area (Å²) in [5.41, 5.74) is 7.09. The van der Waals surface area contributed by atoms with Crippen molar-refractivity contribution >= 4 is 18.4 Å². The molecule has 0 aliphatic rings. The first kappa shape index (κ1) is 14.1. The number of hydrogen-bond acceptors (Lipinski definition) is 5. The first-order valence-corrected chi connectivity index (χ1v) is 5.28. The number of ether oxygens (including phenoxy) is 1. The van der Waals surface area contributed by atoms with E-state index in [-0.39, 0.29) is 5.70 Å². The van der Waals surface area contributed by atoms with Gasteiger partial charge in [0.2, 0.25) is 0 Å². The number of nitrogens with two attached hydrogens (primary N) is 1. The molecule has 6 nitrogen and oxygen atoms in total. The average molecular weight is 257 g/mol. The number of rotatable bonds is 4. The van der Waals surface area contributed by atoms with Crippen LogP contribution in [0.5, 0.6) is 0 Å². The number of carbonyl (C=O) groups is 1. The molecular weight excluding hydrogens is 244 g/mol.